The summed E-state index contributed by atoms with van der Waals surface area (Å²) < 4.78 is 19.1. The third kappa shape index (κ3) is 4.14. The van der Waals surface area contributed by atoms with Crippen LogP contribution in [0.5, 0.6) is 0 Å². The summed E-state index contributed by atoms with van der Waals surface area (Å²) in [6.07, 6.45) is 0. The van der Waals surface area contributed by atoms with Crippen LogP contribution in [0.4, 0.5) is 10.1 Å². The van der Waals surface area contributed by atoms with Crippen LogP contribution in [0.2, 0.25) is 0 Å². The maximum atomic E-state index is 13.6. The quantitative estimate of drug-likeness (QED) is 0.611. The molecule has 0 bridgehead atoms. The average molecular weight is 370 g/mol. The number of rotatable bonds is 4. The molecule has 0 unspecified atom stereocenters. The molecule has 1 amide bonds. The third-order valence-corrected chi connectivity index (χ3v) is 3.77. The second kappa shape index (κ2) is 7.90. The summed E-state index contributed by atoms with van der Waals surface area (Å²) in [6.45, 7) is -0.176. The van der Waals surface area contributed by atoms with Gasteiger partial charge < -0.3 is 14.8 Å². The maximum Gasteiger partial charge on any atom is 0.260 e. The van der Waals surface area contributed by atoms with E-state index in [0.717, 1.165) is 5.56 Å². The van der Waals surface area contributed by atoms with Crippen molar-refractivity contribution in [2.45, 2.75) is 6.61 Å². The predicted molar refractivity (Wildman–Crippen MR) is 100 cm³/mol. The van der Waals surface area contributed by atoms with Crippen LogP contribution in [0, 0.1) is 5.82 Å². The van der Waals surface area contributed by atoms with Gasteiger partial charge in [-0.15, -0.1) is 0 Å². The molecule has 0 aliphatic rings. The van der Waals surface area contributed by atoms with Gasteiger partial charge in [-0.1, -0.05) is 24.3 Å². The Hall–Kier alpha value is -3.03. The van der Waals surface area contributed by atoms with Crippen LogP contribution in [-0.4, -0.2) is 16.1 Å². The lowest BCUT2D eigenvalue weighted by atomic mass is 10.1. The largest absolute Gasteiger partial charge is 0.459 e. The molecule has 7 heteroatoms. The molecule has 2 aromatic carbocycles. The maximum absolute atomic E-state index is 13.6. The summed E-state index contributed by atoms with van der Waals surface area (Å²) >= 11 is 5.12. The molecule has 1 heterocycles. The van der Waals surface area contributed by atoms with Gasteiger partial charge in [0.25, 0.3) is 5.91 Å². The van der Waals surface area contributed by atoms with Crippen LogP contribution in [0.15, 0.2) is 65.1 Å². The topological polar surface area (TPSA) is 74.5 Å². The molecule has 0 aliphatic carbocycles. The van der Waals surface area contributed by atoms with E-state index in [1.54, 1.807) is 36.4 Å². The van der Waals surface area contributed by atoms with Gasteiger partial charge in [0, 0.05) is 11.3 Å². The number of anilines is 1. The molecule has 0 atom stereocenters. The number of furan rings is 1. The number of aliphatic hydroxyl groups is 1. The van der Waals surface area contributed by atoms with Crippen LogP contribution in [0.3, 0.4) is 0 Å². The molecular weight excluding hydrogens is 355 g/mol. The van der Waals surface area contributed by atoms with Crippen molar-refractivity contribution >= 4 is 28.9 Å². The monoisotopic (exact) mass is 370 g/mol. The fourth-order valence-corrected chi connectivity index (χ4v) is 2.56. The molecule has 0 aliphatic heterocycles. The van der Waals surface area contributed by atoms with E-state index in [1.807, 2.05) is 6.07 Å². The Kier molecular flexibility index (Phi) is 5.40. The van der Waals surface area contributed by atoms with Crippen LogP contribution in [0.1, 0.15) is 16.1 Å². The van der Waals surface area contributed by atoms with E-state index in [4.69, 9.17) is 21.7 Å². The third-order valence-electron chi connectivity index (χ3n) is 3.57. The lowest BCUT2D eigenvalue weighted by molar-refractivity contribution is 0.0974. The number of halogens is 1. The Labute approximate surface area is 154 Å². The standard InChI is InChI=1S/C19H15FN2O3S/c20-16-7-2-1-6-15(16)18(24)22-19(26)21-13-5-3-4-12(10-13)17-9-8-14(11-23)25-17/h1-10,23H,11H2,(H2,21,22,24,26). The lowest BCUT2D eigenvalue weighted by Gasteiger charge is -2.10. The van der Waals surface area contributed by atoms with E-state index in [2.05, 4.69) is 10.6 Å². The molecule has 5 nitrogen and oxygen atoms in total. The van der Waals surface area contributed by atoms with Gasteiger partial charge in [0.1, 0.15) is 23.9 Å². The molecule has 0 saturated heterocycles. The van der Waals surface area contributed by atoms with Crippen molar-refractivity contribution < 1.29 is 18.7 Å². The number of nitrogens with one attached hydrogen (secondary N) is 2. The normalized spacial score (nSPS) is 10.4. The lowest BCUT2D eigenvalue weighted by Crippen LogP contribution is -2.34. The molecular formula is C19H15FN2O3S. The molecule has 26 heavy (non-hydrogen) atoms. The van der Waals surface area contributed by atoms with E-state index in [-0.39, 0.29) is 17.3 Å². The van der Waals surface area contributed by atoms with Gasteiger partial charge >= 0.3 is 0 Å². The highest BCUT2D eigenvalue weighted by atomic mass is 32.1. The van der Waals surface area contributed by atoms with Crippen LogP contribution in [-0.2, 0) is 6.61 Å². The van der Waals surface area contributed by atoms with E-state index >= 15 is 0 Å². The second-order valence-electron chi connectivity index (χ2n) is 5.39. The van der Waals surface area contributed by atoms with E-state index in [1.165, 1.54) is 18.2 Å². The van der Waals surface area contributed by atoms with Crippen LogP contribution in [0.25, 0.3) is 11.3 Å². The Bertz CT molecular complexity index is 955. The number of carbonyl (C=O) groups excluding carboxylic acids is 1. The summed E-state index contributed by atoms with van der Waals surface area (Å²) in [7, 11) is 0. The van der Waals surface area contributed by atoms with Gasteiger partial charge in [-0.05, 0) is 48.6 Å². The molecule has 0 fully saturated rings. The minimum absolute atomic E-state index is 0.0471. The number of hydrogen-bond donors (Lipinski definition) is 3. The predicted octanol–water partition coefficient (Wildman–Crippen LogP) is 3.70. The molecule has 0 radical (unpaired) electrons. The first-order valence-corrected chi connectivity index (χ1v) is 8.14. The summed E-state index contributed by atoms with van der Waals surface area (Å²) in [5, 5.41) is 14.4. The summed E-state index contributed by atoms with van der Waals surface area (Å²) in [4.78, 5) is 12.1. The second-order valence-corrected chi connectivity index (χ2v) is 5.80. The SMILES string of the molecule is O=C(NC(=S)Nc1cccc(-c2ccc(CO)o2)c1)c1ccccc1F. The van der Waals surface area contributed by atoms with Gasteiger partial charge in [-0.2, -0.15) is 0 Å². The highest BCUT2D eigenvalue weighted by Gasteiger charge is 2.12. The number of carbonyl (C=O) groups is 1. The van der Waals surface area contributed by atoms with E-state index < -0.39 is 11.7 Å². The summed E-state index contributed by atoms with van der Waals surface area (Å²) in [6, 6.07) is 16.3. The van der Waals surface area contributed by atoms with Crippen molar-refractivity contribution in [1.29, 1.82) is 0 Å². The first-order valence-electron chi connectivity index (χ1n) is 7.73. The number of thiocarbonyl (C=S) groups is 1. The Balaban J connectivity index is 1.69. The summed E-state index contributed by atoms with van der Waals surface area (Å²) in [5.74, 6) is -0.187. The first kappa shape index (κ1) is 17.8. The van der Waals surface area contributed by atoms with Crippen molar-refractivity contribution in [2.75, 3.05) is 5.32 Å². The van der Waals surface area contributed by atoms with Crippen molar-refractivity contribution in [3.63, 3.8) is 0 Å². The molecule has 132 valence electrons. The first-order chi connectivity index (χ1) is 12.6. The van der Waals surface area contributed by atoms with Gasteiger partial charge in [0.15, 0.2) is 5.11 Å². The molecule has 3 N–H and O–H groups in total. The zero-order valence-corrected chi connectivity index (χ0v) is 14.3. The van der Waals surface area contributed by atoms with E-state index in [0.29, 0.717) is 17.2 Å². The minimum Gasteiger partial charge on any atom is -0.459 e. The van der Waals surface area contributed by atoms with Gasteiger partial charge in [0.05, 0.1) is 5.56 Å². The highest BCUT2D eigenvalue weighted by Crippen LogP contribution is 2.25. The molecule has 0 saturated carbocycles. The molecule has 3 aromatic rings. The van der Waals surface area contributed by atoms with Crippen molar-refractivity contribution in [3.05, 3.63) is 77.8 Å². The van der Waals surface area contributed by atoms with Gasteiger partial charge in [-0.25, -0.2) is 4.39 Å². The van der Waals surface area contributed by atoms with Crippen molar-refractivity contribution in [1.82, 2.24) is 5.32 Å². The van der Waals surface area contributed by atoms with Crippen LogP contribution < -0.4 is 10.6 Å². The summed E-state index contributed by atoms with van der Waals surface area (Å²) in [5.41, 5.74) is 1.32. The number of amides is 1. The van der Waals surface area contributed by atoms with Crippen molar-refractivity contribution in [2.24, 2.45) is 0 Å². The molecule has 3 rings (SSSR count). The van der Waals surface area contributed by atoms with Crippen LogP contribution >= 0.6 is 12.2 Å². The zero-order chi connectivity index (χ0) is 18.5. The Morgan fingerprint density at radius 2 is 1.92 bits per heavy atom. The smallest absolute Gasteiger partial charge is 0.260 e. The fourth-order valence-electron chi connectivity index (χ4n) is 2.35. The minimum atomic E-state index is -0.629. The zero-order valence-electron chi connectivity index (χ0n) is 13.5. The van der Waals surface area contributed by atoms with Gasteiger partial charge in [0.2, 0.25) is 0 Å². The van der Waals surface area contributed by atoms with Crippen molar-refractivity contribution in [3.8, 4) is 11.3 Å². The number of benzene rings is 2. The van der Waals surface area contributed by atoms with E-state index in [9.17, 15) is 9.18 Å². The molecule has 1 aromatic heterocycles. The number of hydrogen-bond acceptors (Lipinski definition) is 4. The Morgan fingerprint density at radius 1 is 1.12 bits per heavy atom. The van der Waals surface area contributed by atoms with Gasteiger partial charge in [-0.3, -0.25) is 10.1 Å². The highest BCUT2D eigenvalue weighted by molar-refractivity contribution is 7.80. The average Bonchev–Trinajstić information content (AvgIpc) is 3.11. The number of aliphatic hydroxyl groups excluding tert-OH is 1. The molecule has 0 spiro atoms. The fraction of sp³-hybridized carbons (Fsp3) is 0.0526. The Morgan fingerprint density at radius 3 is 2.65 bits per heavy atom.